The second-order valence-electron chi connectivity index (χ2n) is 5.25. The second kappa shape index (κ2) is 7.57. The van der Waals surface area contributed by atoms with Crippen molar-refractivity contribution in [3.8, 4) is 0 Å². The molecule has 2 nitrogen and oxygen atoms in total. The maximum atomic E-state index is 3.60. The third-order valence-electron chi connectivity index (χ3n) is 3.48. The first-order valence-corrected chi connectivity index (χ1v) is 8.01. The largest absolute Gasteiger partial charge is 0.314 e. The van der Waals surface area contributed by atoms with Crippen LogP contribution in [0.3, 0.4) is 0 Å². The molecule has 1 rings (SSSR count). The van der Waals surface area contributed by atoms with Gasteiger partial charge in [-0.15, -0.1) is 0 Å². The van der Waals surface area contributed by atoms with E-state index in [0.717, 1.165) is 24.4 Å². The van der Waals surface area contributed by atoms with Crippen LogP contribution in [0, 0.1) is 11.8 Å². The van der Waals surface area contributed by atoms with Gasteiger partial charge >= 0.3 is 0 Å². The molecular formula is C13H28N2S. The van der Waals surface area contributed by atoms with Crippen LogP contribution in [0.15, 0.2) is 0 Å². The molecule has 16 heavy (non-hydrogen) atoms. The van der Waals surface area contributed by atoms with Gasteiger partial charge in [0.15, 0.2) is 0 Å². The fourth-order valence-electron chi connectivity index (χ4n) is 2.74. The minimum absolute atomic E-state index is 0.747. The molecule has 3 unspecified atom stereocenters. The number of thioether (sulfide) groups is 1. The van der Waals surface area contributed by atoms with Crippen molar-refractivity contribution in [2.24, 2.45) is 11.8 Å². The minimum Gasteiger partial charge on any atom is -0.314 e. The molecule has 3 heteroatoms. The Balaban J connectivity index is 2.28. The monoisotopic (exact) mass is 244 g/mol. The molecule has 1 fully saturated rings. The van der Waals surface area contributed by atoms with Gasteiger partial charge in [0.2, 0.25) is 0 Å². The zero-order valence-electron chi connectivity index (χ0n) is 11.3. The highest BCUT2D eigenvalue weighted by atomic mass is 32.2. The second-order valence-corrected chi connectivity index (χ2v) is 6.16. The SMILES string of the molecule is CCNC1CCN(CC(C)CSC)CC1C. The van der Waals surface area contributed by atoms with Crippen LogP contribution in [0.25, 0.3) is 0 Å². The molecule has 0 aliphatic carbocycles. The first-order valence-electron chi connectivity index (χ1n) is 6.62. The number of nitrogens with zero attached hydrogens (tertiary/aromatic N) is 1. The summed E-state index contributed by atoms with van der Waals surface area (Å²) in [4.78, 5) is 2.65. The van der Waals surface area contributed by atoms with Crippen molar-refractivity contribution < 1.29 is 0 Å². The normalized spacial score (nSPS) is 29.2. The van der Waals surface area contributed by atoms with Crippen LogP contribution in [0.4, 0.5) is 0 Å². The summed E-state index contributed by atoms with van der Waals surface area (Å²) in [5.74, 6) is 2.93. The first kappa shape index (κ1) is 14.3. The fourth-order valence-corrected chi connectivity index (χ4v) is 3.42. The summed E-state index contributed by atoms with van der Waals surface area (Å²) in [7, 11) is 0. The summed E-state index contributed by atoms with van der Waals surface area (Å²) in [6.07, 6.45) is 3.53. The summed E-state index contributed by atoms with van der Waals surface area (Å²) >= 11 is 1.97. The number of hydrogen-bond acceptors (Lipinski definition) is 3. The third-order valence-corrected chi connectivity index (χ3v) is 4.38. The van der Waals surface area contributed by atoms with Crippen molar-refractivity contribution in [1.82, 2.24) is 10.2 Å². The predicted octanol–water partition coefficient (Wildman–Crippen LogP) is 2.31. The molecule has 1 aliphatic heterocycles. The molecule has 1 N–H and O–H groups in total. The van der Waals surface area contributed by atoms with Gasteiger partial charge in [0.05, 0.1) is 0 Å². The van der Waals surface area contributed by atoms with E-state index in [9.17, 15) is 0 Å². The molecule has 96 valence electrons. The number of nitrogens with one attached hydrogen (secondary N) is 1. The van der Waals surface area contributed by atoms with Crippen LogP contribution >= 0.6 is 11.8 Å². The molecule has 0 bridgehead atoms. The molecule has 0 aromatic rings. The van der Waals surface area contributed by atoms with E-state index in [1.807, 2.05) is 11.8 Å². The van der Waals surface area contributed by atoms with E-state index in [-0.39, 0.29) is 0 Å². The molecule has 3 atom stereocenters. The van der Waals surface area contributed by atoms with Crippen molar-refractivity contribution in [3.63, 3.8) is 0 Å². The maximum Gasteiger partial charge on any atom is 0.0117 e. The molecule has 0 aromatic heterocycles. The van der Waals surface area contributed by atoms with Crippen LogP contribution in [-0.2, 0) is 0 Å². The van der Waals surface area contributed by atoms with Crippen LogP contribution in [0.1, 0.15) is 27.2 Å². The summed E-state index contributed by atoms with van der Waals surface area (Å²) in [5.41, 5.74) is 0. The average molecular weight is 244 g/mol. The molecule has 1 aliphatic rings. The van der Waals surface area contributed by atoms with Crippen LogP contribution in [-0.4, -0.2) is 49.1 Å². The van der Waals surface area contributed by atoms with Crippen molar-refractivity contribution in [2.45, 2.75) is 33.2 Å². The van der Waals surface area contributed by atoms with Crippen molar-refractivity contribution in [2.75, 3.05) is 38.2 Å². The Morgan fingerprint density at radius 1 is 1.50 bits per heavy atom. The van der Waals surface area contributed by atoms with Crippen LogP contribution in [0.5, 0.6) is 0 Å². The van der Waals surface area contributed by atoms with Gasteiger partial charge in [-0.3, -0.25) is 0 Å². The van der Waals surface area contributed by atoms with E-state index < -0.39 is 0 Å². The van der Waals surface area contributed by atoms with Gasteiger partial charge in [0.25, 0.3) is 0 Å². The summed E-state index contributed by atoms with van der Waals surface area (Å²) in [5, 5.41) is 3.60. The number of rotatable bonds is 6. The van der Waals surface area contributed by atoms with E-state index in [4.69, 9.17) is 0 Å². The molecule has 0 saturated carbocycles. The van der Waals surface area contributed by atoms with E-state index in [1.165, 1.54) is 31.8 Å². The van der Waals surface area contributed by atoms with Crippen LogP contribution in [0.2, 0.25) is 0 Å². The highest BCUT2D eigenvalue weighted by Crippen LogP contribution is 2.18. The molecule has 0 amide bonds. The highest BCUT2D eigenvalue weighted by molar-refractivity contribution is 7.98. The first-order chi connectivity index (χ1) is 7.67. The van der Waals surface area contributed by atoms with Crippen molar-refractivity contribution >= 4 is 11.8 Å². The predicted molar refractivity (Wildman–Crippen MR) is 75.2 cm³/mol. The molecule has 0 aromatic carbocycles. The number of likely N-dealkylation sites (tertiary alicyclic amines) is 1. The lowest BCUT2D eigenvalue weighted by molar-refractivity contribution is 0.136. The van der Waals surface area contributed by atoms with Gasteiger partial charge in [0, 0.05) is 19.1 Å². The van der Waals surface area contributed by atoms with Crippen molar-refractivity contribution in [1.29, 1.82) is 0 Å². The zero-order chi connectivity index (χ0) is 12.0. The topological polar surface area (TPSA) is 15.3 Å². The fraction of sp³-hybridized carbons (Fsp3) is 1.00. The summed E-state index contributed by atoms with van der Waals surface area (Å²) < 4.78 is 0. The average Bonchev–Trinajstić information content (AvgIpc) is 2.22. The molecule has 0 radical (unpaired) electrons. The van der Waals surface area contributed by atoms with Gasteiger partial charge < -0.3 is 10.2 Å². The number of piperidine rings is 1. The van der Waals surface area contributed by atoms with E-state index in [0.29, 0.717) is 0 Å². The lowest BCUT2D eigenvalue weighted by atomic mass is 9.93. The number of hydrogen-bond donors (Lipinski definition) is 1. The summed E-state index contributed by atoms with van der Waals surface area (Å²) in [6.45, 7) is 11.9. The maximum absolute atomic E-state index is 3.60. The molecule has 1 heterocycles. The van der Waals surface area contributed by atoms with Crippen LogP contribution < -0.4 is 5.32 Å². The molecular weight excluding hydrogens is 216 g/mol. The smallest absolute Gasteiger partial charge is 0.0117 e. The Kier molecular flexibility index (Phi) is 6.78. The zero-order valence-corrected chi connectivity index (χ0v) is 12.1. The van der Waals surface area contributed by atoms with E-state index in [2.05, 4.69) is 37.2 Å². The molecule has 1 saturated heterocycles. The van der Waals surface area contributed by atoms with Gasteiger partial charge in [-0.05, 0) is 43.4 Å². The Hall–Kier alpha value is 0.270. The van der Waals surface area contributed by atoms with Gasteiger partial charge in [-0.1, -0.05) is 20.8 Å². The third kappa shape index (κ3) is 4.64. The molecule has 0 spiro atoms. The Morgan fingerprint density at radius 3 is 2.81 bits per heavy atom. The quantitative estimate of drug-likeness (QED) is 0.772. The summed E-state index contributed by atoms with van der Waals surface area (Å²) in [6, 6.07) is 0.747. The Morgan fingerprint density at radius 2 is 2.25 bits per heavy atom. The standard InChI is InChI=1S/C13H28N2S/c1-5-14-13-6-7-15(9-12(13)3)8-11(2)10-16-4/h11-14H,5-10H2,1-4H3. The van der Waals surface area contributed by atoms with Gasteiger partial charge in [-0.25, -0.2) is 0 Å². The van der Waals surface area contributed by atoms with Gasteiger partial charge in [0.1, 0.15) is 0 Å². The van der Waals surface area contributed by atoms with Gasteiger partial charge in [-0.2, -0.15) is 11.8 Å². The Labute approximate surface area is 106 Å². The van der Waals surface area contributed by atoms with E-state index in [1.54, 1.807) is 0 Å². The highest BCUT2D eigenvalue weighted by Gasteiger charge is 2.25. The lowest BCUT2D eigenvalue weighted by Crippen LogP contribution is -2.49. The Bertz CT molecular complexity index is 187. The minimum atomic E-state index is 0.747. The van der Waals surface area contributed by atoms with Crippen molar-refractivity contribution in [3.05, 3.63) is 0 Å². The van der Waals surface area contributed by atoms with E-state index >= 15 is 0 Å². The lowest BCUT2D eigenvalue weighted by Gasteiger charge is -2.38.